The normalized spacial score (nSPS) is 23.2. The zero-order chi connectivity index (χ0) is 20.8. The number of carbonyl (C=O) groups is 3. The lowest BCUT2D eigenvalue weighted by atomic mass is 10.1. The van der Waals surface area contributed by atoms with Crippen LogP contribution in [0.5, 0.6) is 0 Å². The van der Waals surface area contributed by atoms with Crippen LogP contribution in [0.1, 0.15) is 27.6 Å². The predicted octanol–water partition coefficient (Wildman–Crippen LogP) is 3.41. The Morgan fingerprint density at radius 1 is 0.897 bits per heavy atom. The number of alkyl halides is 1. The second-order valence-corrected chi connectivity index (χ2v) is 7.64. The molecule has 0 aliphatic carbocycles. The van der Waals surface area contributed by atoms with Crippen LogP contribution in [0.3, 0.4) is 0 Å². The van der Waals surface area contributed by atoms with Gasteiger partial charge in [-0.25, -0.2) is 14.0 Å². The number of benzene rings is 2. The van der Waals surface area contributed by atoms with Crippen LogP contribution >= 0.6 is 11.8 Å². The first-order valence-electron chi connectivity index (χ1n) is 8.90. The van der Waals surface area contributed by atoms with Crippen LogP contribution in [0.4, 0.5) is 4.39 Å². The maximum Gasteiger partial charge on any atom is 0.338 e. The third kappa shape index (κ3) is 5.35. The summed E-state index contributed by atoms with van der Waals surface area (Å²) < 4.78 is 30.6. The highest BCUT2D eigenvalue weighted by Gasteiger charge is 2.49. The molecule has 0 aromatic heterocycles. The topological polar surface area (TPSA) is 78.9 Å². The monoisotopic (exact) mass is 418 g/mol. The molecular weight excluding hydrogens is 399 g/mol. The second-order valence-electron chi connectivity index (χ2n) is 6.30. The largest absolute Gasteiger partial charge is 0.461 e. The standard InChI is InChI=1S/C21H19FO6S/c1-13(23)27-21-18(28-20(25)15-10-6-3-7-11-15)17(22)16(29-21)12-26-19(24)14-8-4-2-5-9-14/h2-11,16-18,21H,12H2,1H3/t16-,17+,18+,21-/m1/s1. The number of thioether (sulfide) groups is 1. The van der Waals surface area contributed by atoms with Gasteiger partial charge in [0, 0.05) is 6.92 Å². The zero-order valence-electron chi connectivity index (χ0n) is 15.5. The molecular formula is C21H19FO6S. The van der Waals surface area contributed by atoms with Gasteiger partial charge in [-0.15, -0.1) is 11.8 Å². The molecule has 2 aromatic rings. The molecule has 2 aromatic carbocycles. The number of hydrogen-bond donors (Lipinski definition) is 0. The van der Waals surface area contributed by atoms with Gasteiger partial charge in [0.05, 0.1) is 16.4 Å². The van der Waals surface area contributed by atoms with E-state index in [2.05, 4.69) is 0 Å². The van der Waals surface area contributed by atoms with Crippen molar-refractivity contribution in [3.05, 3.63) is 71.8 Å². The molecule has 8 heteroatoms. The van der Waals surface area contributed by atoms with E-state index < -0.39 is 40.9 Å². The van der Waals surface area contributed by atoms with Crippen molar-refractivity contribution in [3.63, 3.8) is 0 Å². The Morgan fingerprint density at radius 3 is 2.00 bits per heavy atom. The average molecular weight is 418 g/mol. The summed E-state index contributed by atoms with van der Waals surface area (Å²) in [7, 11) is 0. The molecule has 0 bridgehead atoms. The lowest BCUT2D eigenvalue weighted by molar-refractivity contribution is -0.147. The molecule has 0 spiro atoms. The average Bonchev–Trinajstić information content (AvgIpc) is 3.01. The molecule has 0 saturated carbocycles. The molecule has 1 saturated heterocycles. The number of esters is 3. The number of hydrogen-bond acceptors (Lipinski definition) is 7. The summed E-state index contributed by atoms with van der Waals surface area (Å²) >= 11 is 0.957. The summed E-state index contributed by atoms with van der Waals surface area (Å²) in [4.78, 5) is 35.8. The summed E-state index contributed by atoms with van der Waals surface area (Å²) in [6, 6.07) is 16.4. The van der Waals surface area contributed by atoms with E-state index in [1.54, 1.807) is 48.5 Å². The quantitative estimate of drug-likeness (QED) is 0.525. The van der Waals surface area contributed by atoms with Gasteiger partial charge in [-0.2, -0.15) is 0 Å². The van der Waals surface area contributed by atoms with Crippen LogP contribution in [-0.2, 0) is 19.0 Å². The number of ether oxygens (including phenoxy) is 3. The molecule has 6 nitrogen and oxygen atoms in total. The molecule has 152 valence electrons. The molecule has 1 heterocycles. The lowest BCUT2D eigenvalue weighted by Crippen LogP contribution is -2.37. The molecule has 1 aliphatic rings. The Kier molecular flexibility index (Phi) is 6.87. The Bertz CT molecular complexity index is 860. The van der Waals surface area contributed by atoms with Crippen molar-refractivity contribution >= 4 is 29.7 Å². The van der Waals surface area contributed by atoms with Crippen molar-refractivity contribution in [2.24, 2.45) is 0 Å². The number of carbonyl (C=O) groups excluding carboxylic acids is 3. The van der Waals surface area contributed by atoms with Crippen LogP contribution in [0, 0.1) is 0 Å². The summed E-state index contributed by atoms with van der Waals surface area (Å²) in [6.45, 7) is 0.934. The van der Waals surface area contributed by atoms with Crippen LogP contribution in [0.25, 0.3) is 0 Å². The Balaban J connectivity index is 1.66. The van der Waals surface area contributed by atoms with Crippen molar-refractivity contribution in [3.8, 4) is 0 Å². The fraction of sp³-hybridized carbons (Fsp3) is 0.286. The van der Waals surface area contributed by atoms with Gasteiger partial charge in [0.1, 0.15) is 6.61 Å². The third-order valence-corrected chi connectivity index (χ3v) is 5.55. The van der Waals surface area contributed by atoms with Gasteiger partial charge < -0.3 is 14.2 Å². The van der Waals surface area contributed by atoms with E-state index in [9.17, 15) is 14.4 Å². The van der Waals surface area contributed by atoms with Crippen molar-refractivity contribution in [2.75, 3.05) is 6.61 Å². The lowest BCUT2D eigenvalue weighted by Gasteiger charge is -2.20. The van der Waals surface area contributed by atoms with E-state index in [0.29, 0.717) is 5.56 Å². The van der Waals surface area contributed by atoms with E-state index in [1.165, 1.54) is 19.1 Å². The first-order chi connectivity index (χ1) is 14.0. The summed E-state index contributed by atoms with van der Waals surface area (Å²) in [5.74, 6) is -1.94. The Labute approximate surface area is 171 Å². The smallest absolute Gasteiger partial charge is 0.338 e. The minimum absolute atomic E-state index is 0.253. The number of rotatable bonds is 6. The molecule has 1 fully saturated rings. The van der Waals surface area contributed by atoms with Crippen LogP contribution in [-0.4, -0.2) is 47.5 Å². The highest BCUT2D eigenvalue weighted by Crippen LogP contribution is 2.39. The van der Waals surface area contributed by atoms with Gasteiger partial charge in [0.2, 0.25) is 0 Å². The minimum Gasteiger partial charge on any atom is -0.461 e. The number of halogens is 1. The summed E-state index contributed by atoms with van der Waals surface area (Å²) in [5.41, 5.74) is -0.435. The second kappa shape index (κ2) is 9.56. The van der Waals surface area contributed by atoms with E-state index in [0.717, 1.165) is 11.8 Å². The Morgan fingerprint density at radius 2 is 1.45 bits per heavy atom. The fourth-order valence-corrected chi connectivity index (χ4v) is 4.13. The fourth-order valence-electron chi connectivity index (χ4n) is 2.78. The van der Waals surface area contributed by atoms with E-state index >= 15 is 4.39 Å². The molecule has 0 radical (unpaired) electrons. The Hall–Kier alpha value is -2.87. The van der Waals surface area contributed by atoms with E-state index in [4.69, 9.17) is 14.2 Å². The molecule has 3 rings (SSSR count). The molecule has 0 amide bonds. The SMILES string of the molecule is CC(=O)O[C@@H]1S[C@H](COC(=O)c2ccccc2)[C@H](F)[C@@H]1OC(=O)c1ccccc1. The van der Waals surface area contributed by atoms with E-state index in [-0.39, 0.29) is 12.2 Å². The summed E-state index contributed by atoms with van der Waals surface area (Å²) in [6.07, 6.45) is -2.99. The van der Waals surface area contributed by atoms with Crippen LogP contribution in [0.15, 0.2) is 60.7 Å². The van der Waals surface area contributed by atoms with Crippen molar-refractivity contribution in [2.45, 2.75) is 29.9 Å². The highest BCUT2D eigenvalue weighted by molar-refractivity contribution is 8.00. The predicted molar refractivity (Wildman–Crippen MR) is 104 cm³/mol. The molecule has 1 aliphatic heterocycles. The molecule has 29 heavy (non-hydrogen) atoms. The van der Waals surface area contributed by atoms with Crippen molar-refractivity contribution in [1.82, 2.24) is 0 Å². The summed E-state index contributed by atoms with van der Waals surface area (Å²) in [5, 5.41) is -0.847. The molecule has 4 atom stereocenters. The first kappa shape index (κ1) is 20.9. The molecule has 0 unspecified atom stereocenters. The van der Waals surface area contributed by atoms with Gasteiger partial charge in [0.25, 0.3) is 0 Å². The van der Waals surface area contributed by atoms with Crippen LogP contribution in [0.2, 0.25) is 0 Å². The molecule has 0 N–H and O–H groups in total. The minimum atomic E-state index is -1.68. The first-order valence-corrected chi connectivity index (χ1v) is 9.85. The van der Waals surface area contributed by atoms with Gasteiger partial charge in [-0.3, -0.25) is 4.79 Å². The van der Waals surface area contributed by atoms with Gasteiger partial charge in [0.15, 0.2) is 17.7 Å². The van der Waals surface area contributed by atoms with Gasteiger partial charge in [-0.1, -0.05) is 36.4 Å². The van der Waals surface area contributed by atoms with Gasteiger partial charge in [-0.05, 0) is 24.3 Å². The zero-order valence-corrected chi connectivity index (χ0v) is 16.3. The maximum absolute atomic E-state index is 15.0. The third-order valence-electron chi connectivity index (χ3n) is 4.17. The highest BCUT2D eigenvalue weighted by atomic mass is 32.2. The van der Waals surface area contributed by atoms with Gasteiger partial charge >= 0.3 is 17.9 Å². The van der Waals surface area contributed by atoms with Crippen molar-refractivity contribution in [1.29, 1.82) is 0 Å². The maximum atomic E-state index is 15.0. The van der Waals surface area contributed by atoms with Crippen molar-refractivity contribution < 1.29 is 33.0 Å². The van der Waals surface area contributed by atoms with E-state index in [1.807, 2.05) is 0 Å². The van der Waals surface area contributed by atoms with Crippen LogP contribution < -0.4 is 0 Å².